The van der Waals surface area contributed by atoms with Crippen molar-refractivity contribution in [1.29, 1.82) is 0 Å². The Morgan fingerprint density at radius 2 is 1.85 bits per heavy atom. The second-order valence-electron chi connectivity index (χ2n) is 4.77. The molecule has 0 bridgehead atoms. The van der Waals surface area contributed by atoms with Crippen molar-refractivity contribution >= 4 is 11.5 Å². The van der Waals surface area contributed by atoms with E-state index in [1.54, 1.807) is 0 Å². The molecule has 0 aromatic heterocycles. The van der Waals surface area contributed by atoms with Gasteiger partial charge in [0.2, 0.25) is 5.91 Å². The summed E-state index contributed by atoms with van der Waals surface area (Å²) in [5.41, 5.74) is 14.5. The molecule has 0 spiro atoms. The van der Waals surface area contributed by atoms with E-state index < -0.39 is 11.9 Å². The van der Waals surface area contributed by atoms with Crippen LogP contribution >= 0.6 is 0 Å². The van der Waals surface area contributed by atoms with Gasteiger partial charge in [-0.15, -0.1) is 0 Å². The zero-order valence-corrected chi connectivity index (χ0v) is 12.8. The van der Waals surface area contributed by atoms with Crippen molar-refractivity contribution in [2.75, 3.05) is 7.11 Å². The minimum Gasteiger partial charge on any atom is -0.400 e. The number of aliphatic hydroxyl groups is 1. The Bertz CT molecular complexity index is 454. The number of carbonyl (C=O) groups excluding carboxylic acids is 1. The molecule has 20 heavy (non-hydrogen) atoms. The SMILES string of the molecule is C/C=C(/CC(N)C(N)=O)c1ccccc1C(C)C.CO. The van der Waals surface area contributed by atoms with Gasteiger partial charge in [-0.05, 0) is 36.0 Å². The Hall–Kier alpha value is -1.65. The molecule has 0 fully saturated rings. The van der Waals surface area contributed by atoms with Crippen LogP contribution in [0.3, 0.4) is 0 Å². The maximum absolute atomic E-state index is 11.1. The number of allylic oxidation sites excluding steroid dienone is 1. The Morgan fingerprint density at radius 3 is 2.30 bits per heavy atom. The number of rotatable bonds is 5. The van der Waals surface area contributed by atoms with E-state index in [4.69, 9.17) is 16.6 Å². The predicted octanol–water partition coefficient (Wildman–Crippen LogP) is 2.02. The third-order valence-corrected chi connectivity index (χ3v) is 3.08. The molecule has 0 saturated heterocycles. The van der Waals surface area contributed by atoms with Gasteiger partial charge in [0.15, 0.2) is 0 Å². The number of nitrogens with two attached hydrogens (primary N) is 2. The van der Waals surface area contributed by atoms with E-state index in [2.05, 4.69) is 26.0 Å². The second kappa shape index (κ2) is 9.28. The Kier molecular flexibility index (Phi) is 8.52. The number of aliphatic hydroxyl groups excluding tert-OH is 1. The zero-order valence-electron chi connectivity index (χ0n) is 12.8. The molecule has 4 nitrogen and oxygen atoms in total. The third kappa shape index (κ3) is 5.15. The van der Waals surface area contributed by atoms with Crippen LogP contribution in [-0.2, 0) is 4.79 Å². The van der Waals surface area contributed by atoms with Gasteiger partial charge in [-0.3, -0.25) is 4.79 Å². The van der Waals surface area contributed by atoms with Crippen LogP contribution in [-0.4, -0.2) is 24.2 Å². The van der Waals surface area contributed by atoms with Crippen LogP contribution in [0.5, 0.6) is 0 Å². The molecule has 1 aromatic carbocycles. The maximum Gasteiger partial charge on any atom is 0.234 e. The summed E-state index contributed by atoms with van der Waals surface area (Å²) in [5.74, 6) is -0.0302. The first kappa shape index (κ1) is 18.4. The number of hydrogen-bond acceptors (Lipinski definition) is 3. The first-order valence-electron chi connectivity index (χ1n) is 6.71. The highest BCUT2D eigenvalue weighted by Crippen LogP contribution is 2.28. The molecule has 1 rings (SSSR count). The van der Waals surface area contributed by atoms with E-state index in [1.165, 1.54) is 5.56 Å². The van der Waals surface area contributed by atoms with Gasteiger partial charge in [0, 0.05) is 7.11 Å². The molecular weight excluding hydrogens is 252 g/mol. The van der Waals surface area contributed by atoms with Crippen LogP contribution in [0.4, 0.5) is 0 Å². The summed E-state index contributed by atoms with van der Waals surface area (Å²) in [6.07, 6.45) is 2.49. The number of primary amides is 1. The molecule has 0 aliphatic rings. The summed E-state index contributed by atoms with van der Waals surface area (Å²) in [4.78, 5) is 11.1. The van der Waals surface area contributed by atoms with Crippen molar-refractivity contribution in [3.05, 3.63) is 41.5 Å². The second-order valence-corrected chi connectivity index (χ2v) is 4.77. The van der Waals surface area contributed by atoms with Crippen LogP contribution < -0.4 is 11.5 Å². The zero-order chi connectivity index (χ0) is 15.7. The largest absolute Gasteiger partial charge is 0.400 e. The van der Waals surface area contributed by atoms with Crippen LogP contribution in [0.1, 0.15) is 44.2 Å². The Labute approximate surface area is 121 Å². The number of hydrogen-bond donors (Lipinski definition) is 3. The number of benzene rings is 1. The molecule has 1 atom stereocenters. The van der Waals surface area contributed by atoms with E-state index in [9.17, 15) is 4.79 Å². The maximum atomic E-state index is 11.1. The average molecular weight is 278 g/mol. The first-order chi connectivity index (χ1) is 9.47. The highest BCUT2D eigenvalue weighted by Gasteiger charge is 2.15. The summed E-state index contributed by atoms with van der Waals surface area (Å²) in [5, 5.41) is 7.00. The van der Waals surface area contributed by atoms with Crippen molar-refractivity contribution in [2.45, 2.75) is 39.2 Å². The standard InChI is InChI=1S/C15H22N2O.CH4O/c1-4-11(9-14(16)15(17)18)13-8-6-5-7-12(13)10(2)3;1-2/h4-8,10,14H,9,16H2,1-3H3,(H2,17,18);2H,1H3/b11-4-;. The van der Waals surface area contributed by atoms with Gasteiger partial charge >= 0.3 is 0 Å². The molecule has 0 radical (unpaired) electrons. The lowest BCUT2D eigenvalue weighted by molar-refractivity contribution is -0.119. The van der Waals surface area contributed by atoms with E-state index >= 15 is 0 Å². The summed E-state index contributed by atoms with van der Waals surface area (Å²) < 4.78 is 0. The molecule has 4 heteroatoms. The normalized spacial score (nSPS) is 12.7. The van der Waals surface area contributed by atoms with E-state index in [-0.39, 0.29) is 0 Å². The Morgan fingerprint density at radius 1 is 1.30 bits per heavy atom. The van der Waals surface area contributed by atoms with Crippen LogP contribution in [0.15, 0.2) is 30.3 Å². The van der Waals surface area contributed by atoms with Gasteiger partial charge in [-0.1, -0.05) is 44.2 Å². The quantitative estimate of drug-likeness (QED) is 0.769. The van der Waals surface area contributed by atoms with Gasteiger partial charge in [-0.25, -0.2) is 0 Å². The van der Waals surface area contributed by atoms with Crippen molar-refractivity contribution < 1.29 is 9.90 Å². The summed E-state index contributed by atoms with van der Waals surface area (Å²) >= 11 is 0. The molecule has 5 N–H and O–H groups in total. The molecule has 0 aliphatic carbocycles. The van der Waals surface area contributed by atoms with Gasteiger partial charge in [0.05, 0.1) is 6.04 Å². The molecule has 0 aliphatic heterocycles. The lowest BCUT2D eigenvalue weighted by Crippen LogP contribution is -2.36. The average Bonchev–Trinajstić information content (AvgIpc) is 2.46. The topological polar surface area (TPSA) is 89.3 Å². The van der Waals surface area contributed by atoms with Gasteiger partial charge in [0.1, 0.15) is 0 Å². The van der Waals surface area contributed by atoms with Crippen molar-refractivity contribution in [3.8, 4) is 0 Å². The van der Waals surface area contributed by atoms with Gasteiger partial charge < -0.3 is 16.6 Å². The van der Waals surface area contributed by atoms with E-state index in [0.29, 0.717) is 12.3 Å². The highest BCUT2D eigenvalue weighted by molar-refractivity contribution is 5.83. The fourth-order valence-electron chi connectivity index (χ4n) is 2.01. The molecular formula is C16H26N2O2. The predicted molar refractivity (Wildman–Crippen MR) is 84.1 cm³/mol. The van der Waals surface area contributed by atoms with E-state index in [0.717, 1.165) is 18.2 Å². The third-order valence-electron chi connectivity index (χ3n) is 3.08. The summed E-state index contributed by atoms with van der Waals surface area (Å²) in [7, 11) is 1.00. The van der Waals surface area contributed by atoms with Gasteiger partial charge in [-0.2, -0.15) is 0 Å². The number of amides is 1. The smallest absolute Gasteiger partial charge is 0.234 e. The summed E-state index contributed by atoms with van der Waals surface area (Å²) in [6, 6.07) is 7.58. The molecule has 0 heterocycles. The molecule has 1 amide bonds. The fourth-order valence-corrected chi connectivity index (χ4v) is 2.01. The molecule has 1 aromatic rings. The molecule has 0 saturated carbocycles. The minimum absolute atomic E-state index is 0.431. The minimum atomic E-state index is -0.628. The van der Waals surface area contributed by atoms with Crippen molar-refractivity contribution in [2.24, 2.45) is 11.5 Å². The lowest BCUT2D eigenvalue weighted by atomic mass is 9.89. The van der Waals surface area contributed by atoms with Crippen LogP contribution in [0.25, 0.3) is 5.57 Å². The van der Waals surface area contributed by atoms with Crippen molar-refractivity contribution in [1.82, 2.24) is 0 Å². The van der Waals surface area contributed by atoms with Gasteiger partial charge in [0.25, 0.3) is 0 Å². The molecule has 112 valence electrons. The van der Waals surface area contributed by atoms with E-state index in [1.807, 2.05) is 25.1 Å². The lowest BCUT2D eigenvalue weighted by Gasteiger charge is -2.17. The van der Waals surface area contributed by atoms with Crippen LogP contribution in [0, 0.1) is 0 Å². The fraction of sp³-hybridized carbons (Fsp3) is 0.438. The molecule has 1 unspecified atom stereocenters. The monoisotopic (exact) mass is 278 g/mol. The number of carbonyl (C=O) groups is 1. The summed E-state index contributed by atoms with van der Waals surface area (Å²) in [6.45, 7) is 6.26. The van der Waals surface area contributed by atoms with Crippen molar-refractivity contribution in [3.63, 3.8) is 0 Å². The first-order valence-corrected chi connectivity index (χ1v) is 6.71. The Balaban J connectivity index is 0.00000172. The highest BCUT2D eigenvalue weighted by atomic mass is 16.2. The van der Waals surface area contributed by atoms with Crippen LogP contribution in [0.2, 0.25) is 0 Å².